The summed E-state index contributed by atoms with van der Waals surface area (Å²) in [6, 6.07) is 0. The van der Waals surface area contributed by atoms with Crippen LogP contribution in [0.4, 0.5) is 0 Å². The average molecular weight is 284 g/mol. The monoisotopic (exact) mass is 284 g/mol. The van der Waals surface area contributed by atoms with Gasteiger partial charge < -0.3 is 10.1 Å². The molecule has 3 heteroatoms. The fourth-order valence-corrected chi connectivity index (χ4v) is 3.46. The molecule has 1 aliphatic heterocycles. The van der Waals surface area contributed by atoms with E-state index in [0.717, 1.165) is 39.3 Å². The lowest BCUT2D eigenvalue weighted by Gasteiger charge is -2.54. The van der Waals surface area contributed by atoms with Crippen molar-refractivity contribution in [1.29, 1.82) is 0 Å². The van der Waals surface area contributed by atoms with E-state index in [1.807, 2.05) is 0 Å². The van der Waals surface area contributed by atoms with Crippen molar-refractivity contribution >= 4 is 0 Å². The lowest BCUT2D eigenvalue weighted by molar-refractivity contribution is -0.0230. The molecule has 0 aromatic carbocycles. The summed E-state index contributed by atoms with van der Waals surface area (Å²) in [5.74, 6) is 0. The van der Waals surface area contributed by atoms with Crippen molar-refractivity contribution in [2.24, 2.45) is 0 Å². The molecule has 1 heterocycles. The van der Waals surface area contributed by atoms with Gasteiger partial charge in [0.25, 0.3) is 0 Å². The van der Waals surface area contributed by atoms with E-state index < -0.39 is 0 Å². The van der Waals surface area contributed by atoms with E-state index in [2.05, 4.69) is 44.8 Å². The van der Waals surface area contributed by atoms with E-state index in [1.165, 1.54) is 25.7 Å². The molecular weight excluding hydrogens is 248 g/mol. The maximum Gasteiger partial charge on any atom is 0.0593 e. The Morgan fingerprint density at radius 1 is 0.950 bits per heavy atom. The summed E-state index contributed by atoms with van der Waals surface area (Å²) in [5.41, 5.74) is 0.627. The molecule has 120 valence electrons. The second-order valence-corrected chi connectivity index (χ2v) is 6.31. The first kappa shape index (κ1) is 17.9. The highest BCUT2D eigenvalue weighted by Crippen LogP contribution is 2.32. The van der Waals surface area contributed by atoms with Gasteiger partial charge in [0, 0.05) is 37.3 Å². The minimum Gasteiger partial charge on any atom is -0.380 e. The number of nitrogens with one attached hydrogen (secondary N) is 1. The van der Waals surface area contributed by atoms with Gasteiger partial charge >= 0.3 is 0 Å². The summed E-state index contributed by atoms with van der Waals surface area (Å²) in [7, 11) is 0. The summed E-state index contributed by atoms with van der Waals surface area (Å²) >= 11 is 0. The average Bonchev–Trinajstić information content (AvgIpc) is 2.51. The predicted octanol–water partition coefficient (Wildman–Crippen LogP) is 3.44. The fraction of sp³-hybridized carbons (Fsp3) is 1.00. The predicted molar refractivity (Wildman–Crippen MR) is 87.3 cm³/mol. The van der Waals surface area contributed by atoms with Crippen molar-refractivity contribution in [3.63, 3.8) is 0 Å². The molecule has 0 aromatic heterocycles. The van der Waals surface area contributed by atoms with Crippen LogP contribution in [0.3, 0.4) is 0 Å². The van der Waals surface area contributed by atoms with Gasteiger partial charge in [-0.15, -0.1) is 0 Å². The number of nitrogens with zero attached hydrogens (tertiary/aromatic N) is 1. The molecule has 0 bridgehead atoms. The number of rotatable bonds is 9. The standard InChI is InChI=1S/C17H36N2O/c1-6-12-20-13-11-19-15-16(7-2,8-3)18-14-17(19,9-4)10-5/h18H,6-15H2,1-5H3. The first-order valence-corrected chi connectivity index (χ1v) is 8.69. The van der Waals surface area contributed by atoms with Crippen molar-refractivity contribution in [3.8, 4) is 0 Å². The Labute approximate surface area is 126 Å². The van der Waals surface area contributed by atoms with Crippen LogP contribution in [0.1, 0.15) is 66.7 Å². The van der Waals surface area contributed by atoms with Crippen molar-refractivity contribution in [3.05, 3.63) is 0 Å². The Hall–Kier alpha value is -0.120. The molecule has 1 saturated heterocycles. The Balaban J connectivity index is 2.72. The summed E-state index contributed by atoms with van der Waals surface area (Å²) in [5, 5.41) is 3.87. The molecular formula is C17H36N2O. The zero-order chi connectivity index (χ0) is 15.1. The van der Waals surface area contributed by atoms with Gasteiger partial charge in [0.15, 0.2) is 0 Å². The smallest absolute Gasteiger partial charge is 0.0593 e. The van der Waals surface area contributed by atoms with Crippen LogP contribution >= 0.6 is 0 Å². The van der Waals surface area contributed by atoms with Crippen molar-refractivity contribution < 1.29 is 4.74 Å². The Bertz CT molecular complexity index is 260. The van der Waals surface area contributed by atoms with Gasteiger partial charge in [0.05, 0.1) is 6.61 Å². The minimum absolute atomic E-state index is 0.304. The Morgan fingerprint density at radius 2 is 1.60 bits per heavy atom. The second kappa shape index (κ2) is 8.35. The number of piperazine rings is 1. The first-order chi connectivity index (χ1) is 9.62. The van der Waals surface area contributed by atoms with Crippen LogP contribution in [0.5, 0.6) is 0 Å². The molecule has 0 radical (unpaired) electrons. The van der Waals surface area contributed by atoms with Gasteiger partial charge in [0.1, 0.15) is 0 Å². The molecule has 0 unspecified atom stereocenters. The van der Waals surface area contributed by atoms with E-state index in [-0.39, 0.29) is 0 Å². The largest absolute Gasteiger partial charge is 0.380 e. The van der Waals surface area contributed by atoms with Crippen LogP contribution in [0.15, 0.2) is 0 Å². The Morgan fingerprint density at radius 3 is 2.10 bits per heavy atom. The lowest BCUT2D eigenvalue weighted by atomic mass is 9.80. The number of hydrogen-bond donors (Lipinski definition) is 1. The minimum atomic E-state index is 0.304. The van der Waals surface area contributed by atoms with Crippen LogP contribution in [0.2, 0.25) is 0 Å². The van der Waals surface area contributed by atoms with Gasteiger partial charge in [-0.05, 0) is 32.1 Å². The molecule has 20 heavy (non-hydrogen) atoms. The topological polar surface area (TPSA) is 24.5 Å². The molecule has 0 saturated carbocycles. The normalized spacial score (nSPS) is 22.1. The van der Waals surface area contributed by atoms with Gasteiger partial charge in [-0.25, -0.2) is 0 Å². The first-order valence-electron chi connectivity index (χ1n) is 8.69. The third-order valence-corrected chi connectivity index (χ3v) is 5.48. The molecule has 1 rings (SSSR count). The van der Waals surface area contributed by atoms with Gasteiger partial charge in [-0.2, -0.15) is 0 Å². The summed E-state index contributed by atoms with van der Waals surface area (Å²) in [6.07, 6.45) is 5.96. The van der Waals surface area contributed by atoms with E-state index in [9.17, 15) is 0 Å². The number of hydrogen-bond acceptors (Lipinski definition) is 3. The molecule has 0 atom stereocenters. The highest BCUT2D eigenvalue weighted by atomic mass is 16.5. The molecule has 1 aliphatic rings. The molecule has 0 aromatic rings. The van der Waals surface area contributed by atoms with Gasteiger partial charge in [0.2, 0.25) is 0 Å². The van der Waals surface area contributed by atoms with Crippen LogP contribution in [-0.4, -0.2) is 48.8 Å². The van der Waals surface area contributed by atoms with Crippen LogP contribution in [0, 0.1) is 0 Å². The molecule has 1 fully saturated rings. The summed E-state index contributed by atoms with van der Waals surface area (Å²) in [4.78, 5) is 2.71. The summed E-state index contributed by atoms with van der Waals surface area (Å²) in [6.45, 7) is 16.6. The Kier molecular flexibility index (Phi) is 7.49. The third kappa shape index (κ3) is 3.96. The summed E-state index contributed by atoms with van der Waals surface area (Å²) < 4.78 is 5.74. The highest BCUT2D eigenvalue weighted by molar-refractivity contribution is 5.03. The quantitative estimate of drug-likeness (QED) is 0.656. The molecule has 3 nitrogen and oxygen atoms in total. The maximum atomic E-state index is 5.74. The second-order valence-electron chi connectivity index (χ2n) is 6.31. The molecule has 0 aliphatic carbocycles. The third-order valence-electron chi connectivity index (χ3n) is 5.48. The van der Waals surface area contributed by atoms with E-state index in [4.69, 9.17) is 4.74 Å². The maximum absolute atomic E-state index is 5.74. The lowest BCUT2D eigenvalue weighted by Crippen LogP contribution is -2.69. The zero-order valence-electron chi connectivity index (χ0n) is 14.4. The van der Waals surface area contributed by atoms with E-state index in [1.54, 1.807) is 0 Å². The zero-order valence-corrected chi connectivity index (χ0v) is 14.4. The fourth-order valence-electron chi connectivity index (χ4n) is 3.46. The molecule has 0 spiro atoms. The van der Waals surface area contributed by atoms with Gasteiger partial charge in [-0.3, -0.25) is 4.90 Å². The van der Waals surface area contributed by atoms with E-state index in [0.29, 0.717) is 11.1 Å². The highest BCUT2D eigenvalue weighted by Gasteiger charge is 2.43. The molecule has 1 N–H and O–H groups in total. The van der Waals surface area contributed by atoms with Crippen molar-refractivity contribution in [2.75, 3.05) is 32.8 Å². The van der Waals surface area contributed by atoms with Crippen LogP contribution < -0.4 is 5.32 Å². The number of ether oxygens (including phenoxy) is 1. The van der Waals surface area contributed by atoms with Crippen LogP contribution in [0.25, 0.3) is 0 Å². The molecule has 0 amide bonds. The van der Waals surface area contributed by atoms with E-state index >= 15 is 0 Å². The van der Waals surface area contributed by atoms with Crippen molar-refractivity contribution in [2.45, 2.75) is 77.8 Å². The van der Waals surface area contributed by atoms with Crippen LogP contribution in [-0.2, 0) is 4.74 Å². The SMILES string of the molecule is CCCOCCN1CC(CC)(CC)NCC1(CC)CC. The van der Waals surface area contributed by atoms with Crippen molar-refractivity contribution in [1.82, 2.24) is 10.2 Å². The van der Waals surface area contributed by atoms with Gasteiger partial charge in [-0.1, -0.05) is 34.6 Å².